The van der Waals surface area contributed by atoms with Crippen LogP contribution in [0.25, 0.3) is 0 Å². The molecule has 116 valence electrons. The fraction of sp³-hybridized carbons (Fsp3) is 0.632. The third-order valence-electron chi connectivity index (χ3n) is 4.38. The second kappa shape index (κ2) is 4.82. The summed E-state index contributed by atoms with van der Waals surface area (Å²) in [5.41, 5.74) is -1.39. The number of hydrogen-bond acceptors (Lipinski definition) is 2. The highest BCUT2D eigenvalue weighted by Gasteiger charge is 2.43. The third-order valence-corrected chi connectivity index (χ3v) is 4.38. The predicted octanol–water partition coefficient (Wildman–Crippen LogP) is 2.66. The van der Waals surface area contributed by atoms with E-state index in [1.54, 1.807) is 0 Å². The third kappa shape index (κ3) is 1.81. The van der Waals surface area contributed by atoms with Gasteiger partial charge in [-0.2, -0.15) is 0 Å². The van der Waals surface area contributed by atoms with Crippen LogP contribution >= 0.6 is 0 Å². The van der Waals surface area contributed by atoms with Gasteiger partial charge in [0.25, 0.3) is 5.91 Å². The molecule has 5 aliphatic rings. The summed E-state index contributed by atoms with van der Waals surface area (Å²) in [4.78, 5) is 14.5. The molecule has 1 amide bonds. The quantitative estimate of drug-likeness (QED) is 0.796. The maximum absolute atomic E-state index is 14.0. The maximum atomic E-state index is 14.0. The van der Waals surface area contributed by atoms with Crippen molar-refractivity contribution in [1.29, 1.82) is 0 Å². The first-order valence-corrected chi connectivity index (χ1v) is 7.33. The topological polar surface area (TPSA) is 23.6 Å². The Kier molecular flexibility index (Phi) is 1.11. The average molecular weight is 312 g/mol. The molecule has 6 rings (SSSR count). The minimum Gasteiger partial charge on any atom is -0.333 e. The van der Waals surface area contributed by atoms with Crippen LogP contribution in [0.15, 0.2) is 18.1 Å². The monoisotopic (exact) mass is 311 g/mol. The van der Waals surface area contributed by atoms with Crippen molar-refractivity contribution in [2.75, 3.05) is 26.0 Å². The van der Waals surface area contributed by atoms with Gasteiger partial charge >= 0.3 is 0 Å². The number of rotatable bonds is 1. The lowest BCUT2D eigenvalue weighted by Gasteiger charge is -2.51. The van der Waals surface area contributed by atoms with Gasteiger partial charge in [0.1, 0.15) is 0 Å². The van der Waals surface area contributed by atoms with Gasteiger partial charge in [0.2, 0.25) is 0 Å². The molecule has 4 aliphatic heterocycles. The highest BCUT2D eigenvalue weighted by atomic mass is 16.2. The van der Waals surface area contributed by atoms with Crippen LogP contribution in [0.5, 0.6) is 0 Å². The smallest absolute Gasteiger partial charge is 0.254 e. The van der Waals surface area contributed by atoms with Crippen LogP contribution in [0, 0.1) is 5.89 Å². The Labute approximate surface area is 153 Å². The van der Waals surface area contributed by atoms with E-state index in [0.717, 1.165) is 0 Å². The number of hydrogen-bond donors (Lipinski definition) is 0. The van der Waals surface area contributed by atoms with E-state index < -0.39 is 98.2 Å². The fourth-order valence-electron chi connectivity index (χ4n) is 3.30. The average Bonchev–Trinajstić information content (AvgIpc) is 2.73. The minimum absolute atomic E-state index is 0.102. The van der Waals surface area contributed by atoms with Gasteiger partial charge in [0, 0.05) is 42.8 Å². The molecule has 3 nitrogen and oxygen atoms in total. The molecule has 4 atom stereocenters. The summed E-state index contributed by atoms with van der Waals surface area (Å²) >= 11 is 0. The maximum Gasteiger partial charge on any atom is 0.254 e. The molecule has 0 aromatic heterocycles. The second-order valence-corrected chi connectivity index (χ2v) is 5.65. The van der Waals surface area contributed by atoms with Gasteiger partial charge in [0.15, 0.2) is 0 Å². The summed E-state index contributed by atoms with van der Waals surface area (Å²) in [5.74, 6) is -5.97. The van der Waals surface area contributed by atoms with Crippen LogP contribution in [0.3, 0.4) is 0 Å². The van der Waals surface area contributed by atoms with Gasteiger partial charge in [-0.1, -0.05) is 12.1 Å². The molecular weight excluding hydrogens is 272 g/mol. The molecule has 2 bridgehead atoms. The van der Waals surface area contributed by atoms with Gasteiger partial charge < -0.3 is 9.80 Å². The molecule has 1 aromatic rings. The summed E-state index contributed by atoms with van der Waals surface area (Å²) in [6.45, 7) is -9.83. The van der Waals surface area contributed by atoms with Crippen LogP contribution < -0.4 is 0 Å². The zero-order valence-electron chi connectivity index (χ0n) is 26.7. The second-order valence-electron chi connectivity index (χ2n) is 5.65. The van der Waals surface area contributed by atoms with Crippen molar-refractivity contribution in [1.82, 2.24) is 9.80 Å². The van der Waals surface area contributed by atoms with Crippen molar-refractivity contribution in [3.63, 3.8) is 0 Å². The molecular formula is C19H24N2O. The van der Waals surface area contributed by atoms with E-state index in [4.69, 9.17) is 19.2 Å². The van der Waals surface area contributed by atoms with E-state index in [1.807, 2.05) is 0 Å². The molecule has 0 spiro atoms. The van der Waals surface area contributed by atoms with Gasteiger partial charge in [0.05, 0.1) is 8.22 Å². The molecule has 0 saturated carbocycles. The number of nitrogens with zero attached hydrogens (tertiary/aromatic N) is 2. The molecule has 3 heteroatoms. The van der Waals surface area contributed by atoms with Crippen molar-refractivity contribution in [2.45, 2.75) is 43.9 Å². The lowest BCUT2D eigenvalue weighted by Crippen LogP contribution is -2.60. The molecule has 3 saturated heterocycles. The predicted molar refractivity (Wildman–Crippen MR) is 86.1 cm³/mol. The number of carbonyl (C=O) groups is 1. The van der Waals surface area contributed by atoms with Gasteiger partial charge in [-0.3, -0.25) is 4.79 Å². The molecule has 22 heavy (non-hydrogen) atoms. The zero-order chi connectivity index (χ0) is 28.1. The first kappa shape index (κ1) is 5.07. The Bertz CT molecular complexity index is 1250. The summed E-state index contributed by atoms with van der Waals surface area (Å²) in [5, 5.41) is 0. The minimum atomic E-state index is -3.36. The van der Waals surface area contributed by atoms with Crippen molar-refractivity contribution < 1.29 is 25.4 Å². The van der Waals surface area contributed by atoms with Crippen LogP contribution in [0.4, 0.5) is 0 Å². The first-order chi connectivity index (χ1) is 16.6. The number of benzene rings is 1. The highest BCUT2D eigenvalue weighted by Crippen LogP contribution is 2.41. The van der Waals surface area contributed by atoms with Gasteiger partial charge in [-0.05, 0) is 68.1 Å². The van der Waals surface area contributed by atoms with Crippen LogP contribution in [-0.4, -0.2) is 47.8 Å². The number of amides is 1. The molecule has 1 aliphatic carbocycles. The molecule has 1 aromatic carbocycles. The van der Waals surface area contributed by atoms with E-state index >= 15 is 0 Å². The summed E-state index contributed by atoms with van der Waals surface area (Å²) in [6.07, 6.45) is -6.69. The van der Waals surface area contributed by atoms with Crippen molar-refractivity contribution in [2.24, 2.45) is 5.89 Å². The Morgan fingerprint density at radius 2 is 2.27 bits per heavy atom. The lowest BCUT2D eigenvalue weighted by atomic mass is 9.75. The number of piperidine rings is 3. The van der Waals surface area contributed by atoms with Crippen molar-refractivity contribution >= 4 is 5.91 Å². The van der Waals surface area contributed by atoms with Gasteiger partial charge in [-0.15, -0.1) is 0 Å². The van der Waals surface area contributed by atoms with Crippen LogP contribution in [0.2, 0.25) is 0 Å². The van der Waals surface area contributed by atoms with E-state index in [0.29, 0.717) is 4.90 Å². The van der Waals surface area contributed by atoms with E-state index in [2.05, 4.69) is 0 Å². The zero-order valence-corrected chi connectivity index (χ0v) is 11.7. The molecule has 3 fully saturated rings. The fourth-order valence-corrected chi connectivity index (χ4v) is 3.30. The SMILES string of the molecule is [2H]c1c([2H])c2c3c(c1[2H])C([2H])([2H])CC[C@@H]3C([2H])([2H])N([C@]1([2H])C([2H])([2H])N3CC[C@]1([2H])C([2H])([2H])C3([2H])[2H])C2=O. The number of fused-ring (bicyclic) bond motifs is 3. The molecule has 1 unspecified atom stereocenters. The van der Waals surface area contributed by atoms with Gasteiger partial charge in [-0.25, -0.2) is 0 Å². The highest BCUT2D eigenvalue weighted by molar-refractivity contribution is 5.97. The lowest BCUT2D eigenvalue weighted by molar-refractivity contribution is 0.00258. The van der Waals surface area contributed by atoms with Crippen molar-refractivity contribution in [3.8, 4) is 0 Å². The van der Waals surface area contributed by atoms with E-state index in [1.165, 1.54) is 0 Å². The van der Waals surface area contributed by atoms with E-state index in [-0.39, 0.29) is 23.3 Å². The molecule has 4 heterocycles. The number of carbonyl (C=O) groups excluding carboxylic acids is 1. The van der Waals surface area contributed by atoms with Crippen molar-refractivity contribution in [3.05, 3.63) is 34.8 Å². The Morgan fingerprint density at radius 3 is 3.23 bits per heavy atom. The summed E-state index contributed by atoms with van der Waals surface area (Å²) < 4.78 is 129. The Balaban J connectivity index is 1.86. The Hall–Kier alpha value is -1.35. The van der Waals surface area contributed by atoms with Crippen LogP contribution in [0.1, 0.15) is 73.6 Å². The normalized spacial score (nSPS) is 64.5. The molecule has 0 N–H and O–H groups in total. The largest absolute Gasteiger partial charge is 0.333 e. The first-order valence-electron chi connectivity index (χ1n) is 14.8. The molecule has 0 radical (unpaired) electrons. The summed E-state index contributed by atoms with van der Waals surface area (Å²) in [6, 6.07) is -5.68. The van der Waals surface area contributed by atoms with Crippen LogP contribution in [-0.2, 0) is 6.37 Å². The van der Waals surface area contributed by atoms with E-state index in [9.17, 15) is 6.17 Å². The Morgan fingerprint density at radius 1 is 1.32 bits per heavy atom. The summed E-state index contributed by atoms with van der Waals surface area (Å²) in [7, 11) is 0. The standard InChI is InChI=1S/C19H24N2O/c22-19-16-6-2-4-14-3-1-5-15(18(14)16)11-21(19)17-12-20-9-7-13(17)8-10-20/h2,4,6,13,15,17H,1,3,5,7-12H2/t15-,17-/m1/s1/i2D,3D2,4D,6D,7D2,9D2,11D2,12D2,13D,17D/t13-,15+,17+/m0.